The molecule has 27 heavy (non-hydrogen) atoms. The van der Waals surface area contributed by atoms with Gasteiger partial charge in [0.25, 0.3) is 0 Å². The molecule has 8 nitrogen and oxygen atoms in total. The predicted molar refractivity (Wildman–Crippen MR) is 98.4 cm³/mol. The highest BCUT2D eigenvalue weighted by Gasteiger charge is 2.26. The molecule has 4 rings (SSSR count). The molecule has 0 amide bonds. The fraction of sp³-hybridized carbons (Fsp3) is 0.368. The molecular formula is C19H22N6O2. The zero-order chi connectivity index (χ0) is 18.6. The second kappa shape index (κ2) is 7.71. The third-order valence-electron chi connectivity index (χ3n) is 4.61. The van der Waals surface area contributed by atoms with Crippen molar-refractivity contribution in [2.75, 3.05) is 20.3 Å². The van der Waals surface area contributed by atoms with Crippen molar-refractivity contribution >= 4 is 0 Å². The maximum Gasteiger partial charge on any atom is 0.316 e. The van der Waals surface area contributed by atoms with Crippen LogP contribution in [0.1, 0.15) is 23.0 Å². The van der Waals surface area contributed by atoms with Gasteiger partial charge in [-0.25, -0.2) is 19.9 Å². The molecule has 3 aromatic rings. The molecule has 0 spiro atoms. The number of hydrogen-bond acceptors (Lipinski definition) is 7. The fourth-order valence-electron chi connectivity index (χ4n) is 3.35. The Morgan fingerprint density at radius 3 is 3.00 bits per heavy atom. The first-order chi connectivity index (χ1) is 13.2. The van der Waals surface area contributed by atoms with Crippen LogP contribution in [-0.2, 0) is 13.1 Å². The number of rotatable bonds is 6. The Bertz CT molecular complexity index is 912. The van der Waals surface area contributed by atoms with Crippen molar-refractivity contribution in [3.8, 4) is 11.9 Å². The molecule has 0 aliphatic carbocycles. The van der Waals surface area contributed by atoms with E-state index >= 15 is 0 Å². The molecule has 0 saturated heterocycles. The van der Waals surface area contributed by atoms with Crippen molar-refractivity contribution in [3.05, 3.63) is 60.1 Å². The summed E-state index contributed by atoms with van der Waals surface area (Å²) < 4.78 is 13.4. The lowest BCUT2D eigenvalue weighted by Gasteiger charge is -2.34. The number of methoxy groups -OCH3 is 1. The summed E-state index contributed by atoms with van der Waals surface area (Å²) in [6.07, 6.45) is 7.22. The van der Waals surface area contributed by atoms with Gasteiger partial charge in [0.05, 0.1) is 25.2 Å². The van der Waals surface area contributed by atoms with Crippen LogP contribution < -0.4 is 9.47 Å². The van der Waals surface area contributed by atoms with Crippen molar-refractivity contribution in [1.29, 1.82) is 0 Å². The van der Waals surface area contributed by atoms with Gasteiger partial charge in [-0.05, 0) is 19.1 Å². The molecule has 0 unspecified atom stereocenters. The average Bonchev–Trinajstić information content (AvgIpc) is 3.15. The van der Waals surface area contributed by atoms with Gasteiger partial charge in [-0.2, -0.15) is 0 Å². The van der Waals surface area contributed by atoms with E-state index in [4.69, 9.17) is 9.47 Å². The van der Waals surface area contributed by atoms with Crippen LogP contribution in [0.15, 0.2) is 43.1 Å². The third kappa shape index (κ3) is 3.90. The SMILES string of the molecule is COc1ncccc1CN1Cc2cncn2[C@H](COc2nccc(C)n2)C1. The van der Waals surface area contributed by atoms with E-state index in [9.17, 15) is 0 Å². The van der Waals surface area contributed by atoms with Crippen LogP contribution in [0.2, 0.25) is 0 Å². The number of ether oxygens (including phenoxy) is 2. The number of fused-ring (bicyclic) bond motifs is 1. The summed E-state index contributed by atoms with van der Waals surface area (Å²) in [5.41, 5.74) is 3.11. The highest BCUT2D eigenvalue weighted by molar-refractivity contribution is 5.25. The minimum atomic E-state index is 0.128. The van der Waals surface area contributed by atoms with E-state index in [-0.39, 0.29) is 6.04 Å². The van der Waals surface area contributed by atoms with Gasteiger partial charge in [-0.3, -0.25) is 4.90 Å². The maximum absolute atomic E-state index is 5.86. The summed E-state index contributed by atoms with van der Waals surface area (Å²) in [6.45, 7) is 4.79. The Morgan fingerprint density at radius 2 is 2.15 bits per heavy atom. The van der Waals surface area contributed by atoms with Crippen LogP contribution in [0.4, 0.5) is 0 Å². The minimum absolute atomic E-state index is 0.128. The highest BCUT2D eigenvalue weighted by Crippen LogP contribution is 2.25. The summed E-state index contributed by atoms with van der Waals surface area (Å²) in [5, 5.41) is 0. The van der Waals surface area contributed by atoms with E-state index in [2.05, 4.69) is 29.4 Å². The zero-order valence-corrected chi connectivity index (χ0v) is 15.4. The van der Waals surface area contributed by atoms with E-state index < -0.39 is 0 Å². The van der Waals surface area contributed by atoms with Gasteiger partial charge in [0.1, 0.15) is 6.61 Å². The first kappa shape index (κ1) is 17.4. The Hall–Kier alpha value is -3.00. The second-order valence-corrected chi connectivity index (χ2v) is 6.58. The second-order valence-electron chi connectivity index (χ2n) is 6.58. The molecule has 140 valence electrons. The lowest BCUT2D eigenvalue weighted by Crippen LogP contribution is -2.39. The average molecular weight is 366 g/mol. The molecule has 1 aliphatic heterocycles. The standard InChI is InChI=1S/C19H22N6O2/c1-14-5-7-22-19(23-14)27-12-17-11-24(10-16-8-20-13-25(16)17)9-15-4-3-6-21-18(15)26-2/h3-8,13,17H,9-12H2,1-2H3/t17-/m0/s1. The molecule has 0 saturated carbocycles. The van der Waals surface area contributed by atoms with Crippen molar-refractivity contribution in [3.63, 3.8) is 0 Å². The van der Waals surface area contributed by atoms with Crippen LogP contribution in [0, 0.1) is 6.92 Å². The predicted octanol–water partition coefficient (Wildman–Crippen LogP) is 2.02. The van der Waals surface area contributed by atoms with Gasteiger partial charge in [-0.15, -0.1) is 0 Å². The molecule has 0 N–H and O–H groups in total. The quantitative estimate of drug-likeness (QED) is 0.660. The minimum Gasteiger partial charge on any atom is -0.481 e. The topological polar surface area (TPSA) is 78.2 Å². The van der Waals surface area contributed by atoms with E-state index in [1.807, 2.05) is 37.6 Å². The Labute approximate surface area is 157 Å². The van der Waals surface area contributed by atoms with Gasteiger partial charge in [0.2, 0.25) is 5.88 Å². The normalized spacial score (nSPS) is 16.7. The summed E-state index contributed by atoms with van der Waals surface area (Å²) in [5.74, 6) is 0.664. The van der Waals surface area contributed by atoms with Crippen LogP contribution in [0.25, 0.3) is 0 Å². The smallest absolute Gasteiger partial charge is 0.316 e. The van der Waals surface area contributed by atoms with E-state index in [1.54, 1.807) is 19.5 Å². The number of hydrogen-bond donors (Lipinski definition) is 0. The van der Waals surface area contributed by atoms with Crippen molar-refractivity contribution in [2.24, 2.45) is 0 Å². The summed E-state index contributed by atoms with van der Waals surface area (Å²) in [4.78, 5) is 19.4. The Kier molecular flexibility index (Phi) is 4.97. The van der Waals surface area contributed by atoms with Gasteiger partial charge in [0.15, 0.2) is 0 Å². The van der Waals surface area contributed by atoms with Crippen LogP contribution in [-0.4, -0.2) is 49.7 Å². The molecule has 1 atom stereocenters. The summed E-state index contributed by atoms with van der Waals surface area (Å²) in [7, 11) is 1.65. The highest BCUT2D eigenvalue weighted by atomic mass is 16.5. The molecule has 8 heteroatoms. The molecule has 0 radical (unpaired) electrons. The number of imidazole rings is 1. The molecule has 0 fully saturated rings. The largest absolute Gasteiger partial charge is 0.481 e. The molecular weight excluding hydrogens is 344 g/mol. The van der Waals surface area contributed by atoms with Crippen LogP contribution in [0.5, 0.6) is 11.9 Å². The van der Waals surface area contributed by atoms with Gasteiger partial charge in [-0.1, -0.05) is 6.07 Å². The Balaban J connectivity index is 1.49. The van der Waals surface area contributed by atoms with Crippen molar-refractivity contribution in [2.45, 2.75) is 26.1 Å². The monoisotopic (exact) mass is 366 g/mol. The summed E-state index contributed by atoms with van der Waals surface area (Å²) in [6, 6.07) is 6.36. The lowest BCUT2D eigenvalue weighted by molar-refractivity contribution is 0.131. The first-order valence-electron chi connectivity index (χ1n) is 8.86. The van der Waals surface area contributed by atoms with E-state index in [0.29, 0.717) is 18.5 Å². The Morgan fingerprint density at radius 1 is 1.22 bits per heavy atom. The number of pyridine rings is 1. The molecule has 4 heterocycles. The maximum atomic E-state index is 5.86. The molecule has 3 aromatic heterocycles. The van der Waals surface area contributed by atoms with Crippen molar-refractivity contribution < 1.29 is 9.47 Å². The summed E-state index contributed by atoms with van der Waals surface area (Å²) >= 11 is 0. The molecule has 1 aliphatic rings. The van der Waals surface area contributed by atoms with Crippen molar-refractivity contribution in [1.82, 2.24) is 29.4 Å². The van der Waals surface area contributed by atoms with E-state index in [0.717, 1.165) is 36.6 Å². The first-order valence-corrected chi connectivity index (χ1v) is 8.86. The van der Waals surface area contributed by atoms with Crippen LogP contribution >= 0.6 is 0 Å². The van der Waals surface area contributed by atoms with Crippen LogP contribution in [0.3, 0.4) is 0 Å². The number of aryl methyl sites for hydroxylation is 1. The number of nitrogens with zero attached hydrogens (tertiary/aromatic N) is 6. The van der Waals surface area contributed by atoms with E-state index in [1.165, 1.54) is 0 Å². The number of aromatic nitrogens is 5. The molecule has 0 bridgehead atoms. The third-order valence-corrected chi connectivity index (χ3v) is 4.61. The lowest BCUT2D eigenvalue weighted by atomic mass is 10.1. The molecule has 0 aromatic carbocycles. The van der Waals surface area contributed by atoms with Gasteiger partial charge >= 0.3 is 6.01 Å². The fourth-order valence-corrected chi connectivity index (χ4v) is 3.35. The van der Waals surface area contributed by atoms with Gasteiger partial charge < -0.3 is 14.0 Å². The van der Waals surface area contributed by atoms with Gasteiger partial charge in [0, 0.05) is 49.5 Å². The zero-order valence-electron chi connectivity index (χ0n) is 15.4.